The van der Waals surface area contributed by atoms with Gasteiger partial charge in [0.25, 0.3) is 0 Å². The summed E-state index contributed by atoms with van der Waals surface area (Å²) >= 11 is 0. The van der Waals surface area contributed by atoms with Crippen LogP contribution < -0.4 is 14.9 Å². The number of hydrogen-bond acceptors (Lipinski definition) is 21. The van der Waals surface area contributed by atoms with Crippen molar-refractivity contribution < 1.29 is 99.2 Å². The molecule has 0 saturated carbocycles. The van der Waals surface area contributed by atoms with E-state index in [1.165, 1.54) is 13.0 Å². The minimum atomic E-state index is -1.97. The maximum Gasteiger partial charge on any atom is 0.239 e. The predicted octanol–water partition coefficient (Wildman–Crippen LogP) is -4.21. The highest BCUT2D eigenvalue weighted by atomic mass is 16.7. The van der Waals surface area contributed by atoms with E-state index in [1.807, 2.05) is 0 Å². The molecule has 3 saturated heterocycles. The van der Waals surface area contributed by atoms with Crippen molar-refractivity contribution in [2.45, 2.75) is 99.0 Å². The van der Waals surface area contributed by atoms with E-state index in [0.29, 0.717) is 0 Å². The van der Waals surface area contributed by atoms with Gasteiger partial charge < -0.3 is 99.2 Å². The zero-order valence-corrected chi connectivity index (χ0v) is 28.0. The monoisotopic (exact) mass is 772 g/mol. The Hall–Kier alpha value is -3.91. The summed E-state index contributed by atoms with van der Waals surface area (Å²) in [6.07, 6.45) is -25.1. The van der Waals surface area contributed by atoms with Crippen molar-refractivity contribution in [3.63, 3.8) is 0 Å². The standard InChI is InChI=1S/C33H40O21/c1-9-28(53-32-25(45)22(42)19(39)16(7-34)51-32)24(44)27(47)31(48-9)49-11-5-14(38)18-15(6-11)50-29(10-2-3-12(36)13(37)4-10)30(21(18)41)54-33-26(46)23(43)20(40)17(8-35)52-33/h2-6,9,16-17,19-20,22-28,31-40,42-47H,7-8H2,1H3. The first-order chi connectivity index (χ1) is 25.6. The highest BCUT2D eigenvalue weighted by Gasteiger charge is 2.50. The number of fused-ring (bicyclic) bond motifs is 1. The Morgan fingerprint density at radius 3 is 1.81 bits per heavy atom. The van der Waals surface area contributed by atoms with E-state index >= 15 is 0 Å². The Bertz CT molecular complexity index is 1850. The molecule has 3 fully saturated rings. The molecule has 3 aromatic rings. The average Bonchev–Trinajstić information content (AvgIpc) is 3.14. The van der Waals surface area contributed by atoms with Crippen LogP contribution >= 0.6 is 0 Å². The number of aliphatic hydroxyl groups is 10. The van der Waals surface area contributed by atoms with Crippen LogP contribution in [-0.4, -0.2) is 172 Å². The van der Waals surface area contributed by atoms with Crippen LogP contribution in [0.25, 0.3) is 22.3 Å². The van der Waals surface area contributed by atoms with Gasteiger partial charge >= 0.3 is 0 Å². The third-order valence-electron chi connectivity index (χ3n) is 9.40. The molecule has 0 bridgehead atoms. The van der Waals surface area contributed by atoms with Gasteiger partial charge in [-0.05, 0) is 25.1 Å². The van der Waals surface area contributed by atoms with E-state index < -0.39 is 145 Å². The molecule has 21 nitrogen and oxygen atoms in total. The molecule has 15 unspecified atom stereocenters. The van der Waals surface area contributed by atoms with E-state index in [-0.39, 0.29) is 16.9 Å². The van der Waals surface area contributed by atoms with Gasteiger partial charge in [0.2, 0.25) is 23.8 Å². The zero-order valence-electron chi connectivity index (χ0n) is 28.0. The summed E-state index contributed by atoms with van der Waals surface area (Å²) in [5, 5.41) is 133. The third kappa shape index (κ3) is 7.27. The Balaban J connectivity index is 1.30. The molecule has 21 heteroatoms. The van der Waals surface area contributed by atoms with Gasteiger partial charge in [-0.1, -0.05) is 0 Å². The Kier molecular flexibility index (Phi) is 11.5. The topological polar surface area (TPSA) is 349 Å². The highest BCUT2D eigenvalue weighted by Crippen LogP contribution is 2.40. The molecule has 13 N–H and O–H groups in total. The molecule has 298 valence electrons. The van der Waals surface area contributed by atoms with Crippen LogP contribution in [0.4, 0.5) is 0 Å². The van der Waals surface area contributed by atoms with E-state index in [9.17, 15) is 71.2 Å². The fourth-order valence-electron chi connectivity index (χ4n) is 6.33. The molecule has 3 aliphatic rings. The van der Waals surface area contributed by atoms with Crippen LogP contribution in [0.5, 0.6) is 28.7 Å². The van der Waals surface area contributed by atoms with Crippen molar-refractivity contribution in [2.24, 2.45) is 0 Å². The summed E-state index contributed by atoms with van der Waals surface area (Å²) in [5.41, 5.74) is -1.57. The normalized spacial score (nSPS) is 37.3. The van der Waals surface area contributed by atoms with Gasteiger partial charge in [0.1, 0.15) is 89.6 Å². The maximum absolute atomic E-state index is 13.9. The minimum absolute atomic E-state index is 0.0943. The van der Waals surface area contributed by atoms with Crippen molar-refractivity contribution in [1.82, 2.24) is 0 Å². The number of aliphatic hydroxyl groups excluding tert-OH is 10. The molecule has 0 aliphatic carbocycles. The molecule has 1 aromatic heterocycles. The summed E-state index contributed by atoms with van der Waals surface area (Å²) in [6.45, 7) is -0.166. The molecule has 6 rings (SSSR count). The second-order valence-corrected chi connectivity index (χ2v) is 13.0. The number of phenols is 3. The van der Waals surface area contributed by atoms with Crippen LogP contribution in [0.3, 0.4) is 0 Å². The Labute approximate surface area is 303 Å². The zero-order chi connectivity index (χ0) is 39.3. The van der Waals surface area contributed by atoms with Gasteiger partial charge in [-0.3, -0.25) is 4.79 Å². The first-order valence-electron chi connectivity index (χ1n) is 16.5. The summed E-state index contributed by atoms with van der Waals surface area (Å²) in [5.74, 6) is -3.48. The van der Waals surface area contributed by atoms with Gasteiger partial charge in [-0.15, -0.1) is 0 Å². The molecule has 54 heavy (non-hydrogen) atoms. The second-order valence-electron chi connectivity index (χ2n) is 13.0. The smallest absolute Gasteiger partial charge is 0.239 e. The summed E-state index contributed by atoms with van der Waals surface area (Å²) in [7, 11) is 0. The molecule has 0 spiro atoms. The lowest BCUT2D eigenvalue weighted by atomic mass is 9.97. The molecule has 15 atom stereocenters. The second kappa shape index (κ2) is 15.7. The molecule has 0 amide bonds. The van der Waals surface area contributed by atoms with Gasteiger partial charge in [0, 0.05) is 17.7 Å². The lowest BCUT2D eigenvalue weighted by Gasteiger charge is -2.45. The quantitative estimate of drug-likeness (QED) is 0.0917. The van der Waals surface area contributed by atoms with Crippen LogP contribution in [0, 0.1) is 0 Å². The average molecular weight is 773 g/mol. The van der Waals surface area contributed by atoms with E-state index in [1.54, 1.807) is 0 Å². The van der Waals surface area contributed by atoms with Crippen LogP contribution in [0.2, 0.25) is 0 Å². The SMILES string of the molecule is CC1OC(Oc2cc(O)c3c(=O)c(OC4OC(CO)C(O)C(O)C4O)c(-c4ccc(O)c(O)c4)oc3c2)C(O)C(O)C1OC1OC(CO)C(O)C(O)C1O. The number of ether oxygens (including phenoxy) is 6. The van der Waals surface area contributed by atoms with Crippen molar-refractivity contribution in [2.75, 3.05) is 13.2 Å². The molecule has 0 radical (unpaired) electrons. The van der Waals surface area contributed by atoms with E-state index in [2.05, 4.69) is 0 Å². The van der Waals surface area contributed by atoms with Crippen molar-refractivity contribution in [3.8, 4) is 40.1 Å². The summed E-state index contributed by atoms with van der Waals surface area (Å²) < 4.78 is 39.3. The van der Waals surface area contributed by atoms with Crippen molar-refractivity contribution in [3.05, 3.63) is 40.6 Å². The summed E-state index contributed by atoms with van der Waals surface area (Å²) in [4.78, 5) is 13.9. The summed E-state index contributed by atoms with van der Waals surface area (Å²) in [6, 6.07) is 5.25. The number of benzene rings is 2. The van der Waals surface area contributed by atoms with Crippen LogP contribution in [0.1, 0.15) is 6.92 Å². The first kappa shape index (κ1) is 39.8. The molecular formula is C33H40O21. The van der Waals surface area contributed by atoms with Gasteiger partial charge in [0.05, 0.1) is 19.3 Å². The third-order valence-corrected chi connectivity index (χ3v) is 9.40. The minimum Gasteiger partial charge on any atom is -0.507 e. The molecule has 2 aromatic carbocycles. The van der Waals surface area contributed by atoms with Gasteiger partial charge in [0.15, 0.2) is 23.5 Å². The lowest BCUT2D eigenvalue weighted by molar-refractivity contribution is -0.348. The van der Waals surface area contributed by atoms with Gasteiger partial charge in [-0.25, -0.2) is 0 Å². The van der Waals surface area contributed by atoms with Crippen LogP contribution in [-0.2, 0) is 18.9 Å². The fraction of sp³-hybridized carbons (Fsp3) is 0.545. The first-order valence-corrected chi connectivity index (χ1v) is 16.5. The molecule has 3 aliphatic heterocycles. The van der Waals surface area contributed by atoms with E-state index in [4.69, 9.17) is 32.8 Å². The van der Waals surface area contributed by atoms with Crippen molar-refractivity contribution >= 4 is 11.0 Å². The Morgan fingerprint density at radius 2 is 1.20 bits per heavy atom. The fourth-order valence-corrected chi connectivity index (χ4v) is 6.33. The number of aromatic hydroxyl groups is 3. The lowest BCUT2D eigenvalue weighted by Crippen LogP contribution is -2.64. The molecule has 4 heterocycles. The predicted molar refractivity (Wildman–Crippen MR) is 173 cm³/mol. The van der Waals surface area contributed by atoms with E-state index in [0.717, 1.165) is 24.3 Å². The van der Waals surface area contributed by atoms with Crippen LogP contribution in [0.15, 0.2) is 39.5 Å². The maximum atomic E-state index is 13.9. The number of phenolic OH excluding ortho intramolecular Hbond substituents is 3. The number of hydrogen-bond donors (Lipinski definition) is 13. The Morgan fingerprint density at radius 1 is 0.630 bits per heavy atom. The molecular weight excluding hydrogens is 732 g/mol. The van der Waals surface area contributed by atoms with Gasteiger partial charge in [-0.2, -0.15) is 0 Å². The number of rotatable bonds is 9. The highest BCUT2D eigenvalue weighted by molar-refractivity contribution is 5.88. The largest absolute Gasteiger partial charge is 0.507 e. The van der Waals surface area contributed by atoms with Crippen molar-refractivity contribution in [1.29, 1.82) is 0 Å².